The number of nitriles is 1. The summed E-state index contributed by atoms with van der Waals surface area (Å²) in [6, 6.07) is 1.54. The van der Waals surface area contributed by atoms with Crippen LogP contribution in [0.2, 0.25) is 0 Å². The lowest BCUT2D eigenvalue weighted by Crippen LogP contribution is -2.12. The summed E-state index contributed by atoms with van der Waals surface area (Å²) in [4.78, 5) is 11.2. The molecule has 13 heavy (non-hydrogen) atoms. The van der Waals surface area contributed by atoms with Gasteiger partial charge in [-0.15, -0.1) is 0 Å². The monoisotopic (exact) mass is 180 g/mol. The van der Waals surface area contributed by atoms with Crippen molar-refractivity contribution in [1.82, 2.24) is 0 Å². The number of rotatable bonds is 4. The number of hydrogen-bond donors (Lipinski definition) is 2. The molecule has 0 aromatic heterocycles. The zero-order valence-electron chi connectivity index (χ0n) is 7.72. The average molecular weight is 180 g/mol. The SMILES string of the molecule is CCC(=O)C(C(=N)C#N)=C(O)CC. The second kappa shape index (κ2) is 5.09. The van der Waals surface area contributed by atoms with Crippen molar-refractivity contribution in [3.63, 3.8) is 0 Å². The Hall–Kier alpha value is -1.63. The third kappa shape index (κ3) is 2.71. The van der Waals surface area contributed by atoms with Crippen molar-refractivity contribution < 1.29 is 9.90 Å². The molecule has 0 atom stereocenters. The molecule has 0 amide bonds. The first-order valence-corrected chi connectivity index (χ1v) is 4.02. The maximum Gasteiger partial charge on any atom is 0.168 e. The van der Waals surface area contributed by atoms with Gasteiger partial charge in [-0.25, -0.2) is 0 Å². The normalized spacial score (nSPS) is 11.5. The Kier molecular flexibility index (Phi) is 4.45. The fourth-order valence-corrected chi connectivity index (χ4v) is 0.854. The lowest BCUT2D eigenvalue weighted by Gasteiger charge is -2.03. The number of nitrogens with one attached hydrogen (secondary N) is 1. The molecule has 4 nitrogen and oxygen atoms in total. The molecule has 0 unspecified atom stereocenters. The van der Waals surface area contributed by atoms with Gasteiger partial charge in [0, 0.05) is 12.8 Å². The minimum absolute atomic E-state index is 0.146. The lowest BCUT2D eigenvalue weighted by atomic mass is 10.0. The molecular formula is C9H12N2O2. The third-order valence-corrected chi connectivity index (χ3v) is 1.59. The minimum atomic E-state index is -0.466. The smallest absolute Gasteiger partial charge is 0.168 e. The van der Waals surface area contributed by atoms with Gasteiger partial charge in [-0.05, 0) is 0 Å². The number of carbonyl (C=O) groups is 1. The fourth-order valence-electron chi connectivity index (χ4n) is 0.854. The van der Waals surface area contributed by atoms with Crippen LogP contribution >= 0.6 is 0 Å². The molecule has 0 rings (SSSR count). The van der Waals surface area contributed by atoms with Crippen LogP contribution in [0.1, 0.15) is 26.7 Å². The first-order valence-electron chi connectivity index (χ1n) is 4.02. The van der Waals surface area contributed by atoms with E-state index in [1.54, 1.807) is 19.9 Å². The van der Waals surface area contributed by atoms with Crippen LogP contribution in [0.15, 0.2) is 11.3 Å². The van der Waals surface area contributed by atoms with Crippen molar-refractivity contribution in [3.05, 3.63) is 11.3 Å². The van der Waals surface area contributed by atoms with Gasteiger partial charge in [-0.1, -0.05) is 13.8 Å². The molecule has 2 N–H and O–H groups in total. The molecule has 0 bridgehead atoms. The molecule has 0 spiro atoms. The first kappa shape index (κ1) is 11.4. The fraction of sp³-hybridized carbons (Fsp3) is 0.444. The number of carbonyl (C=O) groups excluding carboxylic acids is 1. The molecule has 0 aliphatic heterocycles. The average Bonchev–Trinajstić information content (AvgIpc) is 2.16. The molecule has 0 aliphatic carbocycles. The molecule has 70 valence electrons. The van der Waals surface area contributed by atoms with Gasteiger partial charge in [0.25, 0.3) is 0 Å². The van der Waals surface area contributed by atoms with Crippen LogP contribution < -0.4 is 0 Å². The standard InChI is InChI=1S/C9H12N2O2/c1-3-7(12)9(6(11)5-10)8(13)4-2/h11-12H,3-4H2,1-2H3. The first-order chi connectivity index (χ1) is 6.08. The van der Waals surface area contributed by atoms with E-state index < -0.39 is 5.71 Å². The summed E-state index contributed by atoms with van der Waals surface area (Å²) in [6.45, 7) is 3.28. The van der Waals surface area contributed by atoms with E-state index in [4.69, 9.17) is 10.7 Å². The molecular weight excluding hydrogens is 168 g/mol. The van der Waals surface area contributed by atoms with Gasteiger partial charge >= 0.3 is 0 Å². The molecule has 0 saturated heterocycles. The van der Waals surface area contributed by atoms with Crippen LogP contribution in [0.5, 0.6) is 0 Å². The zero-order valence-corrected chi connectivity index (χ0v) is 7.72. The molecule has 0 heterocycles. The van der Waals surface area contributed by atoms with Crippen molar-refractivity contribution in [3.8, 4) is 6.07 Å². The van der Waals surface area contributed by atoms with Crippen LogP contribution in [0.4, 0.5) is 0 Å². The highest BCUT2D eigenvalue weighted by Gasteiger charge is 2.17. The quantitative estimate of drug-likeness (QED) is 0.392. The van der Waals surface area contributed by atoms with Crippen molar-refractivity contribution in [2.24, 2.45) is 0 Å². The highest BCUT2D eigenvalue weighted by molar-refractivity contribution is 6.27. The van der Waals surface area contributed by atoms with Crippen LogP contribution in [0.25, 0.3) is 0 Å². The van der Waals surface area contributed by atoms with Gasteiger partial charge in [-0.2, -0.15) is 5.26 Å². The summed E-state index contributed by atoms with van der Waals surface area (Å²) in [6.07, 6.45) is 0.439. The summed E-state index contributed by atoms with van der Waals surface area (Å²) in [5.74, 6) is -0.552. The summed E-state index contributed by atoms with van der Waals surface area (Å²) < 4.78 is 0. The third-order valence-electron chi connectivity index (χ3n) is 1.59. The van der Waals surface area contributed by atoms with Crippen molar-refractivity contribution in [2.45, 2.75) is 26.7 Å². The van der Waals surface area contributed by atoms with E-state index in [0.717, 1.165) is 0 Å². The van der Waals surface area contributed by atoms with Crippen molar-refractivity contribution >= 4 is 11.5 Å². The van der Waals surface area contributed by atoms with Gasteiger partial charge < -0.3 is 5.11 Å². The van der Waals surface area contributed by atoms with Gasteiger partial charge in [0.05, 0.1) is 5.57 Å². The highest BCUT2D eigenvalue weighted by atomic mass is 16.3. The summed E-state index contributed by atoms with van der Waals surface area (Å²) >= 11 is 0. The van der Waals surface area contributed by atoms with Gasteiger partial charge in [0.2, 0.25) is 0 Å². The molecule has 0 aromatic rings. The van der Waals surface area contributed by atoms with E-state index in [1.165, 1.54) is 0 Å². The Morgan fingerprint density at radius 2 is 2.00 bits per heavy atom. The summed E-state index contributed by atoms with van der Waals surface area (Å²) in [5.41, 5.74) is -0.612. The number of hydrogen-bond acceptors (Lipinski definition) is 4. The van der Waals surface area contributed by atoms with E-state index in [2.05, 4.69) is 0 Å². The second-order valence-electron chi connectivity index (χ2n) is 2.44. The topological polar surface area (TPSA) is 84.9 Å². The second-order valence-corrected chi connectivity index (χ2v) is 2.44. The van der Waals surface area contributed by atoms with Gasteiger partial charge in [-0.3, -0.25) is 10.2 Å². The number of nitrogens with zero attached hydrogens (tertiary/aromatic N) is 1. The van der Waals surface area contributed by atoms with Gasteiger partial charge in [0.15, 0.2) is 5.78 Å². The Labute approximate surface area is 77.0 Å². The molecule has 0 fully saturated rings. The van der Waals surface area contributed by atoms with E-state index in [1.807, 2.05) is 0 Å². The summed E-state index contributed by atoms with van der Waals surface area (Å²) in [7, 11) is 0. The van der Waals surface area contributed by atoms with Gasteiger partial charge in [0.1, 0.15) is 17.5 Å². The maximum atomic E-state index is 11.2. The van der Waals surface area contributed by atoms with Crippen LogP contribution in [-0.2, 0) is 4.79 Å². The Morgan fingerprint density at radius 1 is 1.46 bits per heavy atom. The van der Waals surface area contributed by atoms with Crippen molar-refractivity contribution in [1.29, 1.82) is 10.7 Å². The predicted octanol–water partition coefficient (Wildman–Crippen LogP) is 1.73. The Bertz CT molecular complexity index is 297. The number of allylic oxidation sites excluding steroid dienone is 2. The number of aliphatic hydroxyl groups is 1. The predicted molar refractivity (Wildman–Crippen MR) is 48.6 cm³/mol. The molecule has 0 saturated carbocycles. The van der Waals surface area contributed by atoms with Crippen LogP contribution in [0.3, 0.4) is 0 Å². The molecule has 0 aromatic carbocycles. The van der Waals surface area contributed by atoms with Crippen LogP contribution in [-0.4, -0.2) is 16.6 Å². The van der Waals surface area contributed by atoms with Crippen LogP contribution in [0, 0.1) is 16.7 Å². The number of aliphatic hydroxyl groups excluding tert-OH is 1. The van der Waals surface area contributed by atoms with E-state index in [9.17, 15) is 9.90 Å². The maximum absolute atomic E-state index is 11.2. The number of ketones is 1. The number of Topliss-reactive ketones (excluding diaryl/α,β-unsaturated/α-hetero) is 1. The lowest BCUT2D eigenvalue weighted by molar-refractivity contribution is -0.114. The van der Waals surface area contributed by atoms with Crippen molar-refractivity contribution in [2.75, 3.05) is 0 Å². The summed E-state index contributed by atoms with van der Waals surface area (Å²) in [5, 5.41) is 24.9. The van der Waals surface area contributed by atoms with E-state index >= 15 is 0 Å². The van der Waals surface area contributed by atoms with E-state index in [-0.39, 0.29) is 30.0 Å². The molecule has 0 aliphatic rings. The Morgan fingerprint density at radius 3 is 2.31 bits per heavy atom. The largest absolute Gasteiger partial charge is 0.511 e. The highest BCUT2D eigenvalue weighted by Crippen LogP contribution is 2.09. The molecule has 0 radical (unpaired) electrons. The zero-order chi connectivity index (χ0) is 10.4. The minimum Gasteiger partial charge on any atom is -0.511 e. The Balaban J connectivity index is 5.13. The molecule has 4 heteroatoms. The van der Waals surface area contributed by atoms with E-state index in [0.29, 0.717) is 0 Å².